The van der Waals surface area contributed by atoms with Crippen LogP contribution in [0.15, 0.2) is 0 Å². The Morgan fingerprint density at radius 1 is 1.14 bits per heavy atom. The van der Waals surface area contributed by atoms with E-state index in [-0.39, 0.29) is 6.04 Å². The number of carboxylic acids is 1. The van der Waals surface area contributed by atoms with Crippen molar-refractivity contribution in [3.8, 4) is 0 Å². The molecule has 0 aromatic carbocycles. The summed E-state index contributed by atoms with van der Waals surface area (Å²) in [5.74, 6) is 0.486. The summed E-state index contributed by atoms with van der Waals surface area (Å²) in [5, 5.41) is 9.55. The third-order valence-corrected chi connectivity index (χ3v) is 4.67. The molecule has 113 valence electrons. The first kappa shape index (κ1) is 18.6. The average molecular weight is 287 g/mol. The molecular formula is C14H26B3N2O2. The quantitative estimate of drug-likeness (QED) is 0.762. The zero-order valence-electron chi connectivity index (χ0n) is 13.4. The van der Waals surface area contributed by atoms with Crippen LogP contribution in [0.4, 0.5) is 0 Å². The fourth-order valence-corrected chi connectivity index (χ4v) is 3.31. The molecule has 0 bridgehead atoms. The number of likely N-dealkylation sites (tertiary alicyclic amines) is 2. The number of rotatable bonds is 3. The summed E-state index contributed by atoms with van der Waals surface area (Å²) in [4.78, 5) is 16.1. The summed E-state index contributed by atoms with van der Waals surface area (Å²) in [6.07, 6.45) is 4.35. The molecule has 0 saturated carbocycles. The maximum atomic E-state index is 11.6. The van der Waals surface area contributed by atoms with Gasteiger partial charge in [0, 0.05) is 22.5 Å². The molecule has 0 unspecified atom stereocenters. The summed E-state index contributed by atoms with van der Waals surface area (Å²) >= 11 is 0. The van der Waals surface area contributed by atoms with Crippen molar-refractivity contribution >= 4 is 28.5 Å². The topological polar surface area (TPSA) is 43.8 Å². The van der Waals surface area contributed by atoms with Gasteiger partial charge in [-0.15, -0.1) is 0 Å². The normalized spacial score (nSPS) is 23.9. The van der Waals surface area contributed by atoms with Crippen LogP contribution >= 0.6 is 0 Å². The molecule has 2 rings (SSSR count). The zero-order valence-corrected chi connectivity index (χ0v) is 13.4. The van der Waals surface area contributed by atoms with Crippen LogP contribution in [0, 0.1) is 11.8 Å². The second kappa shape index (κ2) is 9.57. The van der Waals surface area contributed by atoms with Crippen LogP contribution in [0.1, 0.15) is 32.6 Å². The molecular weight excluding hydrogens is 261 g/mol. The van der Waals surface area contributed by atoms with Crippen LogP contribution in [0.3, 0.4) is 0 Å². The van der Waals surface area contributed by atoms with E-state index in [0.717, 1.165) is 64.8 Å². The first-order valence-corrected chi connectivity index (χ1v) is 7.90. The second-order valence-corrected chi connectivity index (χ2v) is 6.33. The second-order valence-electron chi connectivity index (χ2n) is 6.33. The van der Waals surface area contributed by atoms with Gasteiger partial charge in [-0.05, 0) is 70.7 Å². The lowest BCUT2D eigenvalue weighted by Crippen LogP contribution is -2.51. The molecule has 2 heterocycles. The largest absolute Gasteiger partial charge is 0.480 e. The maximum absolute atomic E-state index is 11.6. The number of hydrogen-bond donors (Lipinski definition) is 1. The van der Waals surface area contributed by atoms with Crippen LogP contribution in [0.5, 0.6) is 0 Å². The minimum atomic E-state index is -0.612. The van der Waals surface area contributed by atoms with Crippen molar-refractivity contribution in [2.24, 2.45) is 11.8 Å². The lowest BCUT2D eigenvalue weighted by Gasteiger charge is -2.40. The summed E-state index contributed by atoms with van der Waals surface area (Å²) in [5.41, 5.74) is 0. The monoisotopic (exact) mass is 287 g/mol. The molecule has 2 fully saturated rings. The fraction of sp³-hybridized carbons (Fsp3) is 0.929. The molecule has 0 amide bonds. The Hall–Kier alpha value is -0.415. The van der Waals surface area contributed by atoms with Crippen molar-refractivity contribution in [2.75, 3.05) is 33.2 Å². The molecule has 5 radical (unpaired) electrons. The van der Waals surface area contributed by atoms with Gasteiger partial charge in [-0.1, -0.05) is 6.92 Å². The lowest BCUT2D eigenvalue weighted by atomic mass is 9.40. The van der Waals surface area contributed by atoms with Crippen LogP contribution < -0.4 is 0 Å². The van der Waals surface area contributed by atoms with Crippen LogP contribution in [0.2, 0.25) is 0 Å². The predicted octanol–water partition coefficient (Wildman–Crippen LogP) is 0.371. The minimum Gasteiger partial charge on any atom is -0.480 e. The molecule has 1 N–H and O–H groups in total. The van der Waals surface area contributed by atoms with E-state index in [4.69, 9.17) is 0 Å². The first-order valence-electron chi connectivity index (χ1n) is 7.90. The Balaban J connectivity index is 0.000000677. The minimum absolute atomic E-state index is 0.244. The first-order chi connectivity index (χ1) is 9.99. The maximum Gasteiger partial charge on any atom is 0.321 e. The lowest BCUT2D eigenvalue weighted by molar-refractivity contribution is -0.147. The number of nitrogens with zero attached hydrogens (tertiary/aromatic N) is 2. The van der Waals surface area contributed by atoms with E-state index < -0.39 is 5.97 Å². The highest BCUT2D eigenvalue weighted by atomic mass is 16.4. The van der Waals surface area contributed by atoms with Gasteiger partial charge >= 0.3 is 5.97 Å². The van der Waals surface area contributed by atoms with E-state index in [9.17, 15) is 9.90 Å². The Labute approximate surface area is 132 Å². The standard InChI is InChI=1S/C14H26N2O2.B3/c1-11-3-9-16(10-4-11)13(14(17)18)12-5-7-15(2)8-6-12;1-3-2/h11-13H,3-10H2,1-2H3,(H,17,18);/t13-;/m0./s1. The summed E-state index contributed by atoms with van der Waals surface area (Å²) in [6.45, 7) is 6.27. The molecule has 2 saturated heterocycles. The summed E-state index contributed by atoms with van der Waals surface area (Å²) in [7, 11) is 12.1. The molecule has 0 aromatic heterocycles. The molecule has 4 nitrogen and oxygen atoms in total. The molecule has 2 aliphatic rings. The van der Waals surface area contributed by atoms with E-state index in [0.29, 0.717) is 5.92 Å². The van der Waals surface area contributed by atoms with Crippen molar-refractivity contribution in [2.45, 2.75) is 38.6 Å². The van der Waals surface area contributed by atoms with Gasteiger partial charge in [-0.2, -0.15) is 0 Å². The van der Waals surface area contributed by atoms with E-state index in [2.05, 4.69) is 39.2 Å². The van der Waals surface area contributed by atoms with Gasteiger partial charge in [0.25, 0.3) is 0 Å². The number of carboxylic acid groups (broad SMARTS) is 1. The third kappa shape index (κ3) is 6.07. The number of carbonyl (C=O) groups is 1. The fourth-order valence-electron chi connectivity index (χ4n) is 3.31. The van der Waals surface area contributed by atoms with Crippen molar-refractivity contribution in [1.29, 1.82) is 0 Å². The van der Waals surface area contributed by atoms with Crippen molar-refractivity contribution in [1.82, 2.24) is 9.80 Å². The Morgan fingerprint density at radius 3 is 2.05 bits per heavy atom. The highest BCUT2D eigenvalue weighted by Crippen LogP contribution is 2.27. The van der Waals surface area contributed by atoms with Gasteiger partial charge in [-0.3, -0.25) is 9.69 Å². The summed E-state index contributed by atoms with van der Waals surface area (Å²) < 4.78 is 0. The van der Waals surface area contributed by atoms with Gasteiger partial charge in [0.05, 0.1) is 0 Å². The number of aliphatic carboxylic acids is 1. The van der Waals surface area contributed by atoms with E-state index in [1.54, 1.807) is 0 Å². The third-order valence-electron chi connectivity index (χ3n) is 4.67. The van der Waals surface area contributed by atoms with E-state index in [1.807, 2.05) is 0 Å². The van der Waals surface area contributed by atoms with Gasteiger partial charge in [0.1, 0.15) is 6.04 Å². The molecule has 7 heteroatoms. The van der Waals surface area contributed by atoms with Crippen molar-refractivity contribution in [3.63, 3.8) is 0 Å². The van der Waals surface area contributed by atoms with Gasteiger partial charge in [-0.25, -0.2) is 0 Å². The van der Waals surface area contributed by atoms with Gasteiger partial charge in [0.2, 0.25) is 0 Å². The van der Waals surface area contributed by atoms with Crippen LogP contribution in [-0.2, 0) is 4.79 Å². The van der Waals surface area contributed by atoms with Crippen molar-refractivity contribution in [3.05, 3.63) is 0 Å². The SMILES string of the molecule is CC1CCN([C@H](C(=O)O)C2CCN(C)CC2)CC1.[B][B][B]. The number of hydrogen-bond acceptors (Lipinski definition) is 3. The smallest absolute Gasteiger partial charge is 0.321 e. The van der Waals surface area contributed by atoms with Gasteiger partial charge in [0.15, 0.2) is 0 Å². The van der Waals surface area contributed by atoms with Gasteiger partial charge < -0.3 is 10.0 Å². The highest BCUT2D eigenvalue weighted by molar-refractivity contribution is 7.17. The van der Waals surface area contributed by atoms with Crippen LogP contribution in [0.25, 0.3) is 0 Å². The zero-order chi connectivity index (χ0) is 15.8. The highest BCUT2D eigenvalue weighted by Gasteiger charge is 2.36. The molecule has 0 spiro atoms. The van der Waals surface area contributed by atoms with Crippen LogP contribution in [-0.4, -0.2) is 82.7 Å². The van der Waals surface area contributed by atoms with Crippen molar-refractivity contribution < 1.29 is 9.90 Å². The Kier molecular flexibility index (Phi) is 8.49. The predicted molar refractivity (Wildman–Crippen MR) is 88.9 cm³/mol. The Morgan fingerprint density at radius 2 is 1.62 bits per heavy atom. The average Bonchev–Trinajstić information content (AvgIpc) is 2.44. The molecule has 2 aliphatic heterocycles. The summed E-state index contributed by atoms with van der Waals surface area (Å²) in [6, 6.07) is -0.244. The van der Waals surface area contributed by atoms with E-state index in [1.165, 1.54) is 0 Å². The van der Waals surface area contributed by atoms with E-state index >= 15 is 0 Å². The molecule has 0 aliphatic carbocycles. The molecule has 0 aromatic rings. The molecule has 21 heavy (non-hydrogen) atoms. The Bertz CT molecular complexity index is 283. The molecule has 1 atom stereocenters. The number of piperidine rings is 2.